The molecule has 0 amide bonds. The second kappa shape index (κ2) is 10.9. The van der Waals surface area contributed by atoms with Crippen LogP contribution < -0.4 is 0 Å². The lowest BCUT2D eigenvalue weighted by atomic mass is 9.92. The van der Waals surface area contributed by atoms with Crippen molar-refractivity contribution >= 4 is 55.1 Å². The molecule has 0 unspecified atom stereocenters. The lowest BCUT2D eigenvalue weighted by Crippen LogP contribution is -2.06. The summed E-state index contributed by atoms with van der Waals surface area (Å²) >= 11 is 1.88. The number of benzene rings is 4. The van der Waals surface area contributed by atoms with E-state index < -0.39 is 0 Å². The fourth-order valence-electron chi connectivity index (χ4n) is 7.23. The highest BCUT2D eigenvalue weighted by Crippen LogP contribution is 2.43. The van der Waals surface area contributed by atoms with Crippen molar-refractivity contribution in [1.29, 1.82) is 0 Å². The Hall–Kier alpha value is -5.72. The van der Waals surface area contributed by atoms with Gasteiger partial charge in [-0.2, -0.15) is 0 Å². The Morgan fingerprint density at radius 1 is 0.625 bits per heavy atom. The number of aryl methyl sites for hydroxylation is 2. The highest BCUT2D eigenvalue weighted by molar-refractivity contribution is 7.19. The maximum absolute atomic E-state index is 6.38. The van der Waals surface area contributed by atoms with Crippen molar-refractivity contribution in [3.05, 3.63) is 143 Å². The molecule has 2 aliphatic carbocycles. The van der Waals surface area contributed by atoms with E-state index in [4.69, 9.17) is 24.4 Å². The molecule has 5 nitrogen and oxygen atoms in total. The molecule has 10 rings (SSSR count). The van der Waals surface area contributed by atoms with Gasteiger partial charge in [0.15, 0.2) is 23.1 Å². The molecular weight excluding hydrogens is 609 g/mol. The summed E-state index contributed by atoms with van der Waals surface area (Å²) in [6.45, 7) is 0. The van der Waals surface area contributed by atoms with E-state index in [9.17, 15) is 0 Å². The maximum Gasteiger partial charge on any atom is 0.164 e. The smallest absolute Gasteiger partial charge is 0.164 e. The summed E-state index contributed by atoms with van der Waals surface area (Å²) in [7, 11) is 0. The van der Waals surface area contributed by atoms with E-state index in [1.807, 2.05) is 47.7 Å². The van der Waals surface area contributed by atoms with Gasteiger partial charge in [0.25, 0.3) is 0 Å². The number of hydrogen-bond acceptors (Lipinski definition) is 6. The first-order valence-electron chi connectivity index (χ1n) is 16.4. The summed E-state index contributed by atoms with van der Waals surface area (Å²) in [4.78, 5) is 22.1. The zero-order chi connectivity index (χ0) is 31.6. The Morgan fingerprint density at radius 3 is 2.29 bits per heavy atom. The van der Waals surface area contributed by atoms with Crippen molar-refractivity contribution in [1.82, 2.24) is 19.9 Å². The molecule has 4 aromatic heterocycles. The van der Waals surface area contributed by atoms with Gasteiger partial charge < -0.3 is 4.42 Å². The molecule has 0 atom stereocenters. The monoisotopic (exact) mass is 636 g/mol. The first kappa shape index (κ1) is 27.4. The quantitative estimate of drug-likeness (QED) is 0.192. The first-order chi connectivity index (χ1) is 23.8. The van der Waals surface area contributed by atoms with E-state index in [0.717, 1.165) is 81.3 Å². The van der Waals surface area contributed by atoms with Gasteiger partial charge in [0.2, 0.25) is 0 Å². The molecule has 0 fully saturated rings. The Kier molecular flexibility index (Phi) is 6.24. The molecule has 0 saturated carbocycles. The molecule has 6 heteroatoms. The Morgan fingerprint density at radius 2 is 1.38 bits per heavy atom. The normalized spacial score (nSPS) is 14.0. The van der Waals surface area contributed by atoms with Gasteiger partial charge in [-0.15, -0.1) is 11.3 Å². The molecule has 4 heterocycles. The van der Waals surface area contributed by atoms with E-state index in [1.165, 1.54) is 26.1 Å². The zero-order valence-electron chi connectivity index (χ0n) is 26.0. The van der Waals surface area contributed by atoms with Gasteiger partial charge in [-0.1, -0.05) is 97.1 Å². The summed E-state index contributed by atoms with van der Waals surface area (Å²) < 4.78 is 7.68. The molecule has 0 spiro atoms. The van der Waals surface area contributed by atoms with Crippen LogP contribution in [-0.2, 0) is 12.8 Å². The number of nitrogens with zero attached hydrogens (tertiary/aromatic N) is 4. The number of hydrogen-bond donors (Lipinski definition) is 0. The summed E-state index contributed by atoms with van der Waals surface area (Å²) in [6, 6.07) is 35.5. The number of pyridine rings is 1. The maximum atomic E-state index is 6.38. The topological polar surface area (TPSA) is 64.7 Å². The van der Waals surface area contributed by atoms with Crippen LogP contribution in [0.2, 0.25) is 0 Å². The van der Waals surface area contributed by atoms with Crippen molar-refractivity contribution in [3.8, 4) is 34.0 Å². The van der Waals surface area contributed by atoms with Gasteiger partial charge >= 0.3 is 0 Å². The van der Waals surface area contributed by atoms with Crippen molar-refractivity contribution in [2.75, 3.05) is 0 Å². The number of fused-ring (bicyclic) bond motifs is 8. The van der Waals surface area contributed by atoms with Gasteiger partial charge in [0.05, 0.1) is 5.69 Å². The van der Waals surface area contributed by atoms with Crippen LogP contribution in [0.25, 0.3) is 77.8 Å². The van der Waals surface area contributed by atoms with Gasteiger partial charge in [-0.25, -0.2) is 19.9 Å². The molecule has 0 saturated heterocycles. The zero-order valence-corrected chi connectivity index (χ0v) is 26.8. The number of aromatic nitrogens is 4. The predicted octanol–water partition coefficient (Wildman–Crippen LogP) is 10.7. The number of allylic oxidation sites excluding steroid dienone is 2. The van der Waals surface area contributed by atoms with Gasteiger partial charge in [0, 0.05) is 59.3 Å². The Bertz CT molecular complexity index is 2630. The Labute approximate surface area is 281 Å². The molecule has 48 heavy (non-hydrogen) atoms. The van der Waals surface area contributed by atoms with E-state index in [0.29, 0.717) is 17.5 Å². The van der Waals surface area contributed by atoms with Crippen LogP contribution in [0.15, 0.2) is 120 Å². The minimum absolute atomic E-state index is 0.646. The van der Waals surface area contributed by atoms with Crippen molar-refractivity contribution in [2.45, 2.75) is 25.7 Å². The van der Waals surface area contributed by atoms with Gasteiger partial charge in [0.1, 0.15) is 11.1 Å². The second-order valence-electron chi connectivity index (χ2n) is 12.4. The number of thiophene rings is 1. The van der Waals surface area contributed by atoms with E-state index in [2.05, 4.69) is 85.0 Å². The molecule has 2 aliphatic rings. The minimum atomic E-state index is 0.646. The van der Waals surface area contributed by atoms with Crippen molar-refractivity contribution in [3.63, 3.8) is 0 Å². The van der Waals surface area contributed by atoms with Crippen LogP contribution in [0.4, 0.5) is 0 Å². The van der Waals surface area contributed by atoms with Crippen LogP contribution in [0.1, 0.15) is 40.2 Å². The SMILES string of the molecule is C1=Cc2c(-c3cccc(-c4nc(C5=CCCc6sc7ccccc7c65)nc(-c5ccccc5)n4)c3)nc3c(oc4ccccc43)c2CC1. The number of para-hydroxylation sites is 1. The average molecular weight is 637 g/mol. The van der Waals surface area contributed by atoms with E-state index in [1.54, 1.807) is 0 Å². The minimum Gasteiger partial charge on any atom is -0.454 e. The molecule has 0 radical (unpaired) electrons. The largest absolute Gasteiger partial charge is 0.454 e. The third-order valence-corrected chi connectivity index (χ3v) is 10.7. The molecule has 8 aromatic rings. The van der Waals surface area contributed by atoms with Crippen molar-refractivity contribution in [2.24, 2.45) is 0 Å². The summed E-state index contributed by atoms with van der Waals surface area (Å²) in [5, 5.41) is 2.30. The van der Waals surface area contributed by atoms with Gasteiger partial charge in [-0.05, 0) is 49.9 Å². The summed E-state index contributed by atoms with van der Waals surface area (Å²) in [5.74, 6) is 2.02. The first-order valence-corrected chi connectivity index (χ1v) is 17.2. The van der Waals surface area contributed by atoms with Crippen LogP contribution >= 0.6 is 11.3 Å². The molecule has 0 aliphatic heterocycles. The van der Waals surface area contributed by atoms with Crippen molar-refractivity contribution < 1.29 is 4.42 Å². The van der Waals surface area contributed by atoms with E-state index >= 15 is 0 Å². The fourth-order valence-corrected chi connectivity index (χ4v) is 8.46. The Balaban J connectivity index is 1.17. The van der Waals surface area contributed by atoms with Crippen LogP contribution in [-0.4, -0.2) is 19.9 Å². The number of furan rings is 1. The van der Waals surface area contributed by atoms with Crippen LogP contribution in [0.5, 0.6) is 0 Å². The highest BCUT2D eigenvalue weighted by atomic mass is 32.1. The summed E-state index contributed by atoms with van der Waals surface area (Å²) in [6.07, 6.45) is 10.6. The lowest BCUT2D eigenvalue weighted by molar-refractivity contribution is 0.660. The third kappa shape index (κ3) is 4.37. The highest BCUT2D eigenvalue weighted by Gasteiger charge is 2.25. The second-order valence-corrected chi connectivity index (χ2v) is 13.5. The van der Waals surface area contributed by atoms with E-state index in [-0.39, 0.29) is 0 Å². The molecular formula is C42H28N4OS. The van der Waals surface area contributed by atoms with Crippen LogP contribution in [0, 0.1) is 0 Å². The molecule has 4 aromatic carbocycles. The predicted molar refractivity (Wildman–Crippen MR) is 196 cm³/mol. The molecule has 228 valence electrons. The molecule has 0 N–H and O–H groups in total. The van der Waals surface area contributed by atoms with Gasteiger partial charge in [-0.3, -0.25) is 0 Å². The van der Waals surface area contributed by atoms with Crippen LogP contribution in [0.3, 0.4) is 0 Å². The average Bonchev–Trinajstić information content (AvgIpc) is 3.73. The summed E-state index contributed by atoms with van der Waals surface area (Å²) in [5.41, 5.74) is 11.2. The third-order valence-electron chi connectivity index (χ3n) is 9.45. The number of rotatable bonds is 4. The standard InChI is InChI=1S/C42H28N4OS/c1-2-12-25(13-3-1)40-44-41(46-42(45-40)32-20-11-23-35-36(32)31-19-7-9-22-34(31)48-35)27-15-10-14-26(24-27)37-28-16-4-5-17-29(28)39-38(43-37)30-18-6-8-21-33(30)47-39/h1-4,6-10,12-16,18-22,24H,5,11,17,23H2. The lowest BCUT2D eigenvalue weighted by Gasteiger charge is -2.17. The molecule has 0 bridgehead atoms. The fraction of sp³-hybridized carbons (Fsp3) is 0.0952.